The van der Waals surface area contributed by atoms with Gasteiger partial charge in [-0.1, -0.05) is 11.3 Å². The lowest BCUT2D eigenvalue weighted by atomic mass is 10.2. The number of amides is 1. The molecule has 1 saturated carbocycles. The number of aryl methyl sites for hydroxylation is 1. The highest BCUT2D eigenvalue weighted by Gasteiger charge is 2.32. The van der Waals surface area contributed by atoms with Crippen LogP contribution >= 0.6 is 11.3 Å². The zero-order valence-corrected chi connectivity index (χ0v) is 12.4. The fourth-order valence-electron chi connectivity index (χ4n) is 1.99. The number of ether oxygens (including phenoxy) is 1. The minimum Gasteiger partial charge on any atom is -0.465 e. The summed E-state index contributed by atoms with van der Waals surface area (Å²) in [5.74, 6) is -0.407. The summed E-state index contributed by atoms with van der Waals surface area (Å²) in [4.78, 5) is 32.6. The minimum absolute atomic E-state index is 0.303. The van der Waals surface area contributed by atoms with Crippen molar-refractivity contribution in [1.29, 1.82) is 0 Å². The number of nitrogens with one attached hydrogen (secondary N) is 1. The number of methoxy groups -OCH3 is 1. The van der Waals surface area contributed by atoms with Gasteiger partial charge in [0.1, 0.15) is 10.6 Å². The smallest absolute Gasteiger partial charge is 0.350 e. The molecule has 1 N–H and O–H groups in total. The van der Waals surface area contributed by atoms with Crippen molar-refractivity contribution in [2.75, 3.05) is 12.4 Å². The van der Waals surface area contributed by atoms with E-state index in [1.807, 2.05) is 0 Å². The first-order valence-corrected chi connectivity index (χ1v) is 7.28. The third kappa shape index (κ3) is 2.66. The molecule has 2 heterocycles. The molecule has 0 aliphatic heterocycles. The molecule has 0 spiro atoms. The lowest BCUT2D eigenvalue weighted by molar-refractivity contribution is 0.0604. The normalized spacial score (nSPS) is 14.0. The van der Waals surface area contributed by atoms with Gasteiger partial charge < -0.3 is 9.30 Å². The quantitative estimate of drug-likeness (QED) is 0.870. The molecule has 110 valence electrons. The molecule has 1 amide bonds. The molecule has 21 heavy (non-hydrogen) atoms. The first kappa shape index (κ1) is 13.7. The second kappa shape index (κ2) is 5.28. The zero-order valence-electron chi connectivity index (χ0n) is 11.6. The molecule has 0 unspecified atom stereocenters. The number of nitrogens with zero attached hydrogens (tertiary/aromatic N) is 3. The Bertz CT molecular complexity index is 702. The zero-order chi connectivity index (χ0) is 15.0. The molecule has 1 fully saturated rings. The van der Waals surface area contributed by atoms with Crippen LogP contribution in [0.15, 0.2) is 12.5 Å². The Balaban J connectivity index is 1.84. The maximum atomic E-state index is 12.1. The molecule has 0 atom stereocenters. The number of hydrogen-bond acceptors (Lipinski definition) is 6. The van der Waals surface area contributed by atoms with Crippen molar-refractivity contribution >= 4 is 28.3 Å². The van der Waals surface area contributed by atoms with Gasteiger partial charge in [0.25, 0.3) is 5.91 Å². The molecule has 7 nitrogen and oxygen atoms in total. The number of hydrogen-bond donors (Lipinski definition) is 1. The van der Waals surface area contributed by atoms with E-state index in [0.29, 0.717) is 21.6 Å². The van der Waals surface area contributed by atoms with E-state index in [9.17, 15) is 9.59 Å². The summed E-state index contributed by atoms with van der Waals surface area (Å²) in [6, 6.07) is 0. The van der Waals surface area contributed by atoms with Crippen molar-refractivity contribution in [3.63, 3.8) is 0 Å². The van der Waals surface area contributed by atoms with E-state index in [1.54, 1.807) is 17.9 Å². The fourth-order valence-corrected chi connectivity index (χ4v) is 2.96. The van der Waals surface area contributed by atoms with Crippen LogP contribution in [0.5, 0.6) is 0 Å². The maximum Gasteiger partial charge on any atom is 0.350 e. The van der Waals surface area contributed by atoms with Crippen molar-refractivity contribution in [3.8, 4) is 0 Å². The first-order chi connectivity index (χ1) is 10.1. The molecule has 3 rings (SSSR count). The molecule has 1 aliphatic rings. The highest BCUT2D eigenvalue weighted by Crippen LogP contribution is 2.43. The lowest BCUT2D eigenvalue weighted by Gasteiger charge is -2.01. The fraction of sp³-hybridized carbons (Fsp3) is 0.385. The summed E-state index contributed by atoms with van der Waals surface area (Å²) in [5, 5.41) is 3.11. The first-order valence-electron chi connectivity index (χ1n) is 6.47. The largest absolute Gasteiger partial charge is 0.465 e. The number of rotatable bonds is 4. The predicted octanol–water partition coefficient (Wildman–Crippen LogP) is 1.79. The van der Waals surface area contributed by atoms with Crippen LogP contribution in [0.25, 0.3) is 0 Å². The van der Waals surface area contributed by atoms with E-state index in [-0.39, 0.29) is 5.91 Å². The van der Waals surface area contributed by atoms with Crippen LogP contribution in [0.4, 0.5) is 5.13 Å². The van der Waals surface area contributed by atoms with Crippen LogP contribution in [0.1, 0.15) is 44.6 Å². The third-order valence-corrected chi connectivity index (χ3v) is 4.22. The molecule has 0 saturated heterocycles. The summed E-state index contributed by atoms with van der Waals surface area (Å²) in [7, 11) is 3.08. The Kier molecular flexibility index (Phi) is 3.46. The molecule has 8 heteroatoms. The van der Waals surface area contributed by atoms with E-state index < -0.39 is 5.97 Å². The van der Waals surface area contributed by atoms with Gasteiger partial charge in [-0.05, 0) is 12.8 Å². The number of anilines is 1. The van der Waals surface area contributed by atoms with Gasteiger partial charge in [-0.15, -0.1) is 0 Å². The highest BCUT2D eigenvalue weighted by molar-refractivity contribution is 7.17. The summed E-state index contributed by atoms with van der Waals surface area (Å²) in [6.45, 7) is 0. The van der Waals surface area contributed by atoms with Crippen LogP contribution in [-0.4, -0.2) is 33.5 Å². The molecule has 2 aromatic rings. The summed E-state index contributed by atoms with van der Waals surface area (Å²) in [5.41, 5.74) is 1.16. The number of imidazole rings is 1. The minimum atomic E-state index is -0.407. The second-order valence-electron chi connectivity index (χ2n) is 4.84. The Labute approximate surface area is 125 Å². The Morgan fingerprint density at radius 2 is 2.24 bits per heavy atom. The van der Waals surface area contributed by atoms with Crippen LogP contribution in [-0.2, 0) is 11.8 Å². The number of esters is 1. The van der Waals surface area contributed by atoms with E-state index in [0.717, 1.165) is 29.9 Å². The second-order valence-corrected chi connectivity index (χ2v) is 5.84. The van der Waals surface area contributed by atoms with E-state index in [2.05, 4.69) is 15.3 Å². The highest BCUT2D eigenvalue weighted by atomic mass is 32.1. The van der Waals surface area contributed by atoms with Crippen molar-refractivity contribution in [3.05, 3.63) is 28.8 Å². The monoisotopic (exact) mass is 306 g/mol. The van der Waals surface area contributed by atoms with Gasteiger partial charge in [-0.2, -0.15) is 0 Å². The molecule has 0 bridgehead atoms. The van der Waals surface area contributed by atoms with Crippen LogP contribution in [0.3, 0.4) is 0 Å². The molecule has 1 aliphatic carbocycles. The van der Waals surface area contributed by atoms with Crippen LogP contribution in [0.2, 0.25) is 0 Å². The third-order valence-electron chi connectivity index (χ3n) is 3.26. The topological polar surface area (TPSA) is 86.1 Å². The van der Waals surface area contributed by atoms with E-state index in [1.165, 1.54) is 13.3 Å². The summed E-state index contributed by atoms with van der Waals surface area (Å²) in [6.07, 6.45) is 5.06. The molecule has 0 radical (unpaired) electrons. The van der Waals surface area contributed by atoms with Gasteiger partial charge in [0.15, 0.2) is 5.13 Å². The SMILES string of the molecule is COC(=O)c1sc(NC(=O)c2cncn2C)nc1C1CC1. The van der Waals surface area contributed by atoms with Gasteiger partial charge in [-0.3, -0.25) is 10.1 Å². The van der Waals surface area contributed by atoms with E-state index in [4.69, 9.17) is 4.74 Å². The predicted molar refractivity (Wildman–Crippen MR) is 76.6 cm³/mol. The van der Waals surface area contributed by atoms with Crippen molar-refractivity contribution in [2.45, 2.75) is 18.8 Å². The van der Waals surface area contributed by atoms with Gasteiger partial charge >= 0.3 is 5.97 Å². The Morgan fingerprint density at radius 3 is 2.81 bits per heavy atom. The van der Waals surface area contributed by atoms with Gasteiger partial charge in [0.2, 0.25) is 0 Å². The Hall–Kier alpha value is -2.22. The molecular weight excluding hydrogens is 292 g/mol. The average molecular weight is 306 g/mol. The van der Waals surface area contributed by atoms with Gasteiger partial charge in [-0.25, -0.2) is 14.8 Å². The standard InChI is InChI=1S/C13H14N4O3S/c1-17-6-14-5-8(17)11(18)16-13-15-9(7-3-4-7)10(21-13)12(19)20-2/h5-7H,3-4H2,1-2H3,(H,15,16,18). The average Bonchev–Trinajstić information content (AvgIpc) is 3.09. The number of aromatic nitrogens is 3. The number of thiazole rings is 1. The molecular formula is C13H14N4O3S. The number of carbonyl (C=O) groups excluding carboxylic acids is 2. The van der Waals surface area contributed by atoms with Crippen molar-refractivity contribution in [2.24, 2.45) is 7.05 Å². The van der Waals surface area contributed by atoms with Crippen LogP contribution in [0, 0.1) is 0 Å². The Morgan fingerprint density at radius 1 is 1.48 bits per heavy atom. The van der Waals surface area contributed by atoms with Crippen molar-refractivity contribution in [1.82, 2.24) is 14.5 Å². The maximum absolute atomic E-state index is 12.1. The summed E-state index contributed by atoms with van der Waals surface area (Å²) >= 11 is 1.14. The summed E-state index contributed by atoms with van der Waals surface area (Å²) < 4.78 is 6.39. The van der Waals surface area contributed by atoms with Gasteiger partial charge in [0, 0.05) is 13.0 Å². The lowest BCUT2D eigenvalue weighted by Crippen LogP contribution is -2.15. The van der Waals surface area contributed by atoms with Crippen molar-refractivity contribution < 1.29 is 14.3 Å². The molecule has 2 aromatic heterocycles. The van der Waals surface area contributed by atoms with Crippen LogP contribution < -0.4 is 5.32 Å². The van der Waals surface area contributed by atoms with Gasteiger partial charge in [0.05, 0.1) is 25.3 Å². The number of carbonyl (C=O) groups is 2. The molecule has 0 aromatic carbocycles. The van der Waals surface area contributed by atoms with E-state index >= 15 is 0 Å².